The van der Waals surface area contributed by atoms with Gasteiger partial charge < -0.3 is 9.88 Å². The van der Waals surface area contributed by atoms with Crippen molar-refractivity contribution in [1.82, 2.24) is 9.88 Å². The summed E-state index contributed by atoms with van der Waals surface area (Å²) < 4.78 is 2.00. The van der Waals surface area contributed by atoms with Crippen molar-refractivity contribution in [2.45, 2.75) is 26.7 Å². The molecular weight excluding hydrogens is 236 g/mol. The molecule has 0 spiro atoms. The number of carbonyl (C=O) groups is 1. The van der Waals surface area contributed by atoms with Gasteiger partial charge in [-0.05, 0) is 12.0 Å². The van der Waals surface area contributed by atoms with E-state index < -0.39 is 0 Å². The molecule has 0 saturated heterocycles. The Labute approximate surface area is 114 Å². The van der Waals surface area contributed by atoms with Crippen LogP contribution in [0.4, 0.5) is 0 Å². The molecular formula is C16H22N2O. The second-order valence-electron chi connectivity index (χ2n) is 5.06. The summed E-state index contributed by atoms with van der Waals surface area (Å²) in [6.07, 6.45) is 4.12. The van der Waals surface area contributed by atoms with E-state index in [1.54, 1.807) is 0 Å². The first-order chi connectivity index (χ1) is 9.17. The maximum atomic E-state index is 12.3. The lowest BCUT2D eigenvalue weighted by molar-refractivity contribution is 0.0948. The van der Waals surface area contributed by atoms with Crippen molar-refractivity contribution in [1.29, 1.82) is 0 Å². The zero-order valence-corrected chi connectivity index (χ0v) is 11.9. The highest BCUT2D eigenvalue weighted by Gasteiger charge is 2.14. The van der Waals surface area contributed by atoms with Gasteiger partial charge >= 0.3 is 0 Å². The molecule has 3 heteroatoms. The van der Waals surface area contributed by atoms with Crippen molar-refractivity contribution < 1.29 is 4.79 Å². The average molecular weight is 258 g/mol. The highest BCUT2D eigenvalue weighted by Crippen LogP contribution is 2.20. The van der Waals surface area contributed by atoms with Gasteiger partial charge in [0.15, 0.2) is 0 Å². The maximum absolute atomic E-state index is 12.3. The van der Waals surface area contributed by atoms with Crippen LogP contribution in [0.3, 0.4) is 0 Å². The van der Waals surface area contributed by atoms with E-state index in [9.17, 15) is 4.79 Å². The van der Waals surface area contributed by atoms with Gasteiger partial charge in [0.1, 0.15) is 0 Å². The van der Waals surface area contributed by atoms with Gasteiger partial charge in [0, 0.05) is 30.7 Å². The number of aromatic nitrogens is 1. The van der Waals surface area contributed by atoms with Crippen molar-refractivity contribution in [2.75, 3.05) is 6.54 Å². The molecule has 1 aromatic carbocycles. The smallest absolute Gasteiger partial charge is 0.253 e. The Balaban J connectivity index is 2.18. The van der Waals surface area contributed by atoms with Crippen LogP contribution in [0.25, 0.3) is 10.9 Å². The number of hydrogen-bond donors (Lipinski definition) is 1. The number of fused-ring (bicyclic) bond motifs is 1. The Hall–Kier alpha value is -1.77. The molecule has 19 heavy (non-hydrogen) atoms. The van der Waals surface area contributed by atoms with Crippen LogP contribution in [0.2, 0.25) is 0 Å². The molecule has 1 heterocycles. The van der Waals surface area contributed by atoms with E-state index >= 15 is 0 Å². The number of carbonyl (C=O) groups excluding carboxylic acids is 1. The molecule has 0 fully saturated rings. The molecule has 1 N–H and O–H groups in total. The van der Waals surface area contributed by atoms with E-state index in [-0.39, 0.29) is 5.91 Å². The van der Waals surface area contributed by atoms with E-state index in [1.807, 2.05) is 42.1 Å². The summed E-state index contributed by atoms with van der Waals surface area (Å²) in [6.45, 7) is 5.09. The topological polar surface area (TPSA) is 34.0 Å². The predicted octanol–water partition coefficient (Wildman–Crippen LogP) is 3.34. The highest BCUT2D eigenvalue weighted by molar-refractivity contribution is 6.06. The van der Waals surface area contributed by atoms with Crippen molar-refractivity contribution >= 4 is 16.8 Å². The van der Waals surface area contributed by atoms with Crippen LogP contribution in [-0.4, -0.2) is 17.0 Å². The summed E-state index contributed by atoms with van der Waals surface area (Å²) in [5.74, 6) is 0.600. The van der Waals surface area contributed by atoms with Crippen LogP contribution in [-0.2, 0) is 7.05 Å². The molecule has 1 amide bonds. The molecule has 0 radical (unpaired) electrons. The lowest BCUT2D eigenvalue weighted by Gasteiger charge is -2.12. The summed E-state index contributed by atoms with van der Waals surface area (Å²) in [7, 11) is 1.97. The van der Waals surface area contributed by atoms with Crippen molar-refractivity contribution in [3.63, 3.8) is 0 Å². The number of nitrogens with one attached hydrogen (secondary N) is 1. The summed E-state index contributed by atoms with van der Waals surface area (Å²) in [6, 6.07) is 8.00. The van der Waals surface area contributed by atoms with E-state index in [0.717, 1.165) is 35.9 Å². The number of para-hydroxylation sites is 1. The quantitative estimate of drug-likeness (QED) is 0.876. The van der Waals surface area contributed by atoms with Crippen LogP contribution in [0.1, 0.15) is 37.0 Å². The van der Waals surface area contributed by atoms with Crippen molar-refractivity contribution in [2.24, 2.45) is 13.0 Å². The minimum atomic E-state index is 0.0312. The standard InChI is InChI=1S/C16H22N2O/c1-4-12(5-2)10-17-16(19)14-11-18(3)15-9-7-6-8-13(14)15/h6-9,11-12H,4-5,10H2,1-3H3,(H,17,19). The molecule has 0 bridgehead atoms. The molecule has 2 rings (SSSR count). The number of nitrogens with zero attached hydrogens (tertiary/aromatic N) is 1. The predicted molar refractivity (Wildman–Crippen MR) is 79.3 cm³/mol. The molecule has 0 unspecified atom stereocenters. The fraction of sp³-hybridized carbons (Fsp3) is 0.438. The van der Waals surface area contributed by atoms with Crippen molar-refractivity contribution in [3.05, 3.63) is 36.0 Å². The van der Waals surface area contributed by atoms with Gasteiger partial charge in [-0.3, -0.25) is 4.79 Å². The fourth-order valence-corrected chi connectivity index (χ4v) is 2.43. The molecule has 0 aliphatic rings. The van der Waals surface area contributed by atoms with Crippen LogP contribution < -0.4 is 5.32 Å². The van der Waals surface area contributed by atoms with Gasteiger partial charge in [0.05, 0.1) is 5.56 Å². The minimum absolute atomic E-state index is 0.0312. The Bertz CT molecular complexity index is 567. The van der Waals surface area contributed by atoms with Gasteiger partial charge in [-0.2, -0.15) is 0 Å². The zero-order valence-electron chi connectivity index (χ0n) is 11.9. The normalized spacial score (nSPS) is 11.2. The van der Waals surface area contributed by atoms with Crippen LogP contribution >= 0.6 is 0 Å². The molecule has 3 nitrogen and oxygen atoms in total. The number of aryl methyl sites for hydroxylation is 1. The lowest BCUT2D eigenvalue weighted by Crippen LogP contribution is -2.28. The molecule has 1 aromatic heterocycles. The third-order valence-electron chi connectivity index (χ3n) is 3.85. The van der Waals surface area contributed by atoms with Gasteiger partial charge in [-0.15, -0.1) is 0 Å². The Kier molecular flexibility index (Phi) is 4.25. The second-order valence-corrected chi connectivity index (χ2v) is 5.06. The Morgan fingerprint density at radius 1 is 1.26 bits per heavy atom. The van der Waals surface area contributed by atoms with Gasteiger partial charge in [0.2, 0.25) is 0 Å². The second kappa shape index (κ2) is 5.91. The van der Waals surface area contributed by atoms with E-state index in [4.69, 9.17) is 0 Å². The third-order valence-corrected chi connectivity index (χ3v) is 3.85. The first-order valence-electron chi connectivity index (χ1n) is 6.99. The lowest BCUT2D eigenvalue weighted by atomic mass is 10.0. The molecule has 0 aliphatic carbocycles. The van der Waals surface area contributed by atoms with Gasteiger partial charge in [0.25, 0.3) is 5.91 Å². The zero-order chi connectivity index (χ0) is 13.8. The van der Waals surface area contributed by atoms with Crippen LogP contribution in [0.15, 0.2) is 30.5 Å². The SMILES string of the molecule is CCC(CC)CNC(=O)c1cn(C)c2ccccc12. The van der Waals surface area contributed by atoms with E-state index in [2.05, 4.69) is 19.2 Å². The number of benzene rings is 1. The summed E-state index contributed by atoms with van der Waals surface area (Å²) >= 11 is 0. The highest BCUT2D eigenvalue weighted by atomic mass is 16.1. The molecule has 0 saturated carbocycles. The van der Waals surface area contributed by atoms with Crippen LogP contribution in [0, 0.1) is 5.92 Å². The van der Waals surface area contributed by atoms with Gasteiger partial charge in [-0.25, -0.2) is 0 Å². The number of rotatable bonds is 5. The summed E-state index contributed by atoms with van der Waals surface area (Å²) in [4.78, 5) is 12.3. The van der Waals surface area contributed by atoms with Crippen molar-refractivity contribution in [3.8, 4) is 0 Å². The largest absolute Gasteiger partial charge is 0.352 e. The fourth-order valence-electron chi connectivity index (χ4n) is 2.43. The number of amides is 1. The first kappa shape index (κ1) is 13.7. The van der Waals surface area contributed by atoms with Crippen LogP contribution in [0.5, 0.6) is 0 Å². The summed E-state index contributed by atoms with van der Waals surface area (Å²) in [5, 5.41) is 4.07. The van der Waals surface area contributed by atoms with E-state index in [1.165, 1.54) is 0 Å². The number of hydrogen-bond acceptors (Lipinski definition) is 1. The van der Waals surface area contributed by atoms with Gasteiger partial charge in [-0.1, -0.05) is 44.9 Å². The molecule has 2 aromatic rings. The monoisotopic (exact) mass is 258 g/mol. The Morgan fingerprint density at radius 2 is 1.95 bits per heavy atom. The molecule has 0 aliphatic heterocycles. The molecule has 0 atom stereocenters. The average Bonchev–Trinajstić information content (AvgIpc) is 2.78. The minimum Gasteiger partial charge on any atom is -0.352 e. The molecule has 102 valence electrons. The Morgan fingerprint density at radius 3 is 2.63 bits per heavy atom. The third kappa shape index (κ3) is 2.80. The maximum Gasteiger partial charge on any atom is 0.253 e. The first-order valence-corrected chi connectivity index (χ1v) is 6.99. The summed E-state index contributed by atoms with van der Waals surface area (Å²) in [5.41, 5.74) is 1.86. The van der Waals surface area contributed by atoms with E-state index in [0.29, 0.717) is 5.92 Å².